The number of sulfonamides is 1. The van der Waals surface area contributed by atoms with Gasteiger partial charge in [-0.3, -0.25) is 4.79 Å². The van der Waals surface area contributed by atoms with Gasteiger partial charge in [-0.2, -0.15) is 4.31 Å². The van der Waals surface area contributed by atoms with Crippen molar-refractivity contribution in [3.8, 4) is 0 Å². The maximum atomic E-state index is 13.6. The zero-order valence-electron chi connectivity index (χ0n) is 19.2. The minimum atomic E-state index is -3.86. The lowest BCUT2D eigenvalue weighted by Gasteiger charge is -2.39. The van der Waals surface area contributed by atoms with Crippen LogP contribution in [0.1, 0.15) is 36.4 Å². The van der Waals surface area contributed by atoms with Gasteiger partial charge in [-0.15, -0.1) is 0 Å². The van der Waals surface area contributed by atoms with Crippen molar-refractivity contribution in [1.82, 2.24) is 9.21 Å². The Morgan fingerprint density at radius 1 is 1.03 bits per heavy atom. The minimum absolute atomic E-state index is 0.0559. The van der Waals surface area contributed by atoms with Crippen LogP contribution in [0.5, 0.6) is 0 Å². The molecule has 2 fully saturated rings. The zero-order valence-corrected chi connectivity index (χ0v) is 20.8. The molecule has 2 aliphatic rings. The lowest BCUT2D eigenvalue weighted by molar-refractivity contribution is -0.136. The fraction of sp³-hybridized carbons (Fsp3) is 0.458. The molecule has 1 amide bonds. The lowest BCUT2D eigenvalue weighted by Crippen LogP contribution is -2.52. The average Bonchev–Trinajstić information content (AvgIpc) is 2.84. The third-order valence-electron chi connectivity index (χ3n) is 6.72. The summed E-state index contributed by atoms with van der Waals surface area (Å²) >= 11 is 0. The van der Waals surface area contributed by atoms with Crippen LogP contribution in [-0.4, -0.2) is 69.6 Å². The number of hydrogen-bond donors (Lipinski definition) is 1. The molecule has 0 aliphatic carbocycles. The summed E-state index contributed by atoms with van der Waals surface area (Å²) in [6.07, 6.45) is 0.512. The molecule has 10 heteroatoms. The molecule has 0 bridgehead atoms. The van der Waals surface area contributed by atoms with Crippen LogP contribution in [0.25, 0.3) is 0 Å². The first-order chi connectivity index (χ1) is 16.1. The van der Waals surface area contributed by atoms with E-state index in [2.05, 4.69) is 0 Å². The SMILES string of the molecule is CC(N)c1cccc(S(=O)(=O)N2C[C@@H](C(=O)N3CCS(=O)(=O)CC3)C[C@H](c3ccccc3)C2)c1. The Balaban J connectivity index is 1.64. The molecular weight excluding hydrogens is 474 g/mol. The van der Waals surface area contributed by atoms with Crippen LogP contribution in [0.15, 0.2) is 59.5 Å². The van der Waals surface area contributed by atoms with E-state index in [1.165, 1.54) is 4.31 Å². The second-order valence-corrected chi connectivity index (χ2v) is 13.4. The summed E-state index contributed by atoms with van der Waals surface area (Å²) in [4.78, 5) is 15.1. The molecule has 0 radical (unpaired) electrons. The van der Waals surface area contributed by atoms with Crippen molar-refractivity contribution >= 4 is 25.8 Å². The molecule has 4 rings (SSSR count). The summed E-state index contributed by atoms with van der Waals surface area (Å²) in [7, 11) is -6.99. The molecule has 2 saturated heterocycles. The zero-order chi connectivity index (χ0) is 24.5. The normalized spacial score (nSPS) is 24.5. The van der Waals surface area contributed by atoms with E-state index < -0.39 is 25.8 Å². The molecule has 2 heterocycles. The first kappa shape index (κ1) is 24.8. The van der Waals surface area contributed by atoms with Gasteiger partial charge < -0.3 is 10.6 Å². The molecule has 8 nitrogen and oxygen atoms in total. The van der Waals surface area contributed by atoms with Gasteiger partial charge in [-0.25, -0.2) is 16.8 Å². The van der Waals surface area contributed by atoms with Gasteiger partial charge in [0.2, 0.25) is 15.9 Å². The van der Waals surface area contributed by atoms with Gasteiger partial charge in [-0.05, 0) is 42.5 Å². The Bertz CT molecular complexity index is 1230. The number of sulfone groups is 1. The van der Waals surface area contributed by atoms with Crippen LogP contribution in [-0.2, 0) is 24.7 Å². The highest BCUT2D eigenvalue weighted by molar-refractivity contribution is 7.91. The van der Waals surface area contributed by atoms with Crippen LogP contribution < -0.4 is 5.73 Å². The second-order valence-electron chi connectivity index (χ2n) is 9.20. The van der Waals surface area contributed by atoms with Gasteiger partial charge in [0.15, 0.2) is 9.84 Å². The first-order valence-electron chi connectivity index (χ1n) is 11.5. The Morgan fingerprint density at radius 3 is 2.35 bits per heavy atom. The summed E-state index contributed by atoms with van der Waals surface area (Å²) < 4.78 is 52.3. The molecule has 34 heavy (non-hydrogen) atoms. The molecule has 2 aliphatic heterocycles. The predicted octanol–water partition coefficient (Wildman–Crippen LogP) is 1.76. The van der Waals surface area contributed by atoms with E-state index in [0.717, 1.165) is 11.1 Å². The van der Waals surface area contributed by atoms with Gasteiger partial charge in [0.1, 0.15) is 0 Å². The van der Waals surface area contributed by atoms with Gasteiger partial charge in [-0.1, -0.05) is 42.5 Å². The number of benzene rings is 2. The summed E-state index contributed by atoms with van der Waals surface area (Å²) in [5.41, 5.74) is 7.66. The summed E-state index contributed by atoms with van der Waals surface area (Å²) in [6.45, 7) is 2.43. The lowest BCUT2D eigenvalue weighted by atomic mass is 9.85. The van der Waals surface area contributed by atoms with Crippen LogP contribution in [0.4, 0.5) is 0 Å². The van der Waals surface area contributed by atoms with E-state index in [9.17, 15) is 21.6 Å². The number of piperidine rings is 1. The number of carbonyl (C=O) groups excluding carboxylic acids is 1. The quantitative estimate of drug-likeness (QED) is 0.662. The molecule has 3 atom stereocenters. The summed E-state index contributed by atoms with van der Waals surface area (Å²) in [6, 6.07) is 15.9. The Kier molecular flexibility index (Phi) is 7.14. The molecule has 0 spiro atoms. The van der Waals surface area contributed by atoms with Gasteiger partial charge in [0.05, 0.1) is 22.3 Å². The van der Waals surface area contributed by atoms with E-state index >= 15 is 0 Å². The molecular formula is C24H31N3O5S2. The predicted molar refractivity (Wildman–Crippen MR) is 130 cm³/mol. The van der Waals surface area contributed by atoms with E-state index in [1.54, 1.807) is 36.1 Å². The number of rotatable bonds is 5. The average molecular weight is 506 g/mol. The van der Waals surface area contributed by atoms with Crippen molar-refractivity contribution in [2.24, 2.45) is 11.7 Å². The highest BCUT2D eigenvalue weighted by Gasteiger charge is 2.40. The fourth-order valence-corrected chi connectivity index (χ4v) is 7.49. The number of carbonyl (C=O) groups is 1. The van der Waals surface area contributed by atoms with Crippen LogP contribution >= 0.6 is 0 Å². The molecule has 1 unspecified atom stereocenters. The highest BCUT2D eigenvalue weighted by Crippen LogP contribution is 2.34. The van der Waals surface area contributed by atoms with Crippen LogP contribution in [0.3, 0.4) is 0 Å². The van der Waals surface area contributed by atoms with E-state index in [-0.39, 0.29) is 60.4 Å². The van der Waals surface area contributed by atoms with Crippen molar-refractivity contribution in [2.75, 3.05) is 37.7 Å². The second kappa shape index (κ2) is 9.77. The van der Waals surface area contributed by atoms with E-state index in [1.807, 2.05) is 30.3 Å². The summed E-state index contributed by atoms with van der Waals surface area (Å²) in [5, 5.41) is 0. The third kappa shape index (κ3) is 5.35. The third-order valence-corrected chi connectivity index (χ3v) is 10.2. The maximum Gasteiger partial charge on any atom is 0.243 e. The standard InChI is InChI=1S/C24H31N3O5S2/c1-18(25)20-8-5-9-23(15-20)34(31,32)27-16-21(19-6-3-2-4-7-19)14-22(17-27)24(28)26-10-12-33(29,30)13-11-26/h2-9,15,18,21-22H,10-14,16-17,25H2,1H3/t18?,21-,22-/m0/s1. The van der Waals surface area contributed by atoms with Gasteiger partial charge in [0.25, 0.3) is 0 Å². The molecule has 184 valence electrons. The number of nitrogens with zero attached hydrogens (tertiary/aromatic N) is 2. The molecule has 0 saturated carbocycles. The Hall–Kier alpha value is -2.27. The van der Waals surface area contributed by atoms with Crippen molar-refractivity contribution in [1.29, 1.82) is 0 Å². The molecule has 2 aromatic carbocycles. The first-order valence-corrected chi connectivity index (χ1v) is 14.7. The monoisotopic (exact) mass is 505 g/mol. The van der Waals surface area contributed by atoms with Gasteiger partial charge in [0, 0.05) is 32.2 Å². The van der Waals surface area contributed by atoms with E-state index in [0.29, 0.717) is 6.42 Å². The number of amides is 1. The Morgan fingerprint density at radius 2 is 1.71 bits per heavy atom. The van der Waals surface area contributed by atoms with Crippen LogP contribution in [0.2, 0.25) is 0 Å². The Labute approximate surface area is 201 Å². The van der Waals surface area contributed by atoms with E-state index in [4.69, 9.17) is 5.73 Å². The number of nitrogens with two attached hydrogens (primary N) is 1. The molecule has 2 aromatic rings. The van der Waals surface area contributed by atoms with Crippen molar-refractivity contribution in [3.63, 3.8) is 0 Å². The molecule has 0 aromatic heterocycles. The topological polar surface area (TPSA) is 118 Å². The summed E-state index contributed by atoms with van der Waals surface area (Å²) in [5.74, 6) is -0.991. The van der Waals surface area contributed by atoms with Crippen molar-refractivity contribution in [2.45, 2.75) is 30.2 Å². The maximum absolute atomic E-state index is 13.6. The molecule has 2 N–H and O–H groups in total. The smallest absolute Gasteiger partial charge is 0.243 e. The minimum Gasteiger partial charge on any atom is -0.340 e. The van der Waals surface area contributed by atoms with Crippen molar-refractivity contribution < 1.29 is 21.6 Å². The van der Waals surface area contributed by atoms with Crippen molar-refractivity contribution in [3.05, 3.63) is 65.7 Å². The van der Waals surface area contributed by atoms with Crippen LogP contribution in [0, 0.1) is 5.92 Å². The number of hydrogen-bond acceptors (Lipinski definition) is 6. The fourth-order valence-electron chi connectivity index (χ4n) is 4.70. The highest BCUT2D eigenvalue weighted by atomic mass is 32.2. The van der Waals surface area contributed by atoms with Gasteiger partial charge >= 0.3 is 0 Å². The largest absolute Gasteiger partial charge is 0.340 e.